The second-order valence-electron chi connectivity index (χ2n) is 5.74. The van der Waals surface area contributed by atoms with Crippen LogP contribution in [-0.4, -0.2) is 29.2 Å². The summed E-state index contributed by atoms with van der Waals surface area (Å²) in [5, 5.41) is 13.2. The molecule has 0 spiro atoms. The summed E-state index contributed by atoms with van der Waals surface area (Å²) >= 11 is 0. The molecule has 1 aromatic heterocycles. The van der Waals surface area contributed by atoms with E-state index >= 15 is 0 Å². The third-order valence-electron chi connectivity index (χ3n) is 4.19. The van der Waals surface area contributed by atoms with Crippen LogP contribution in [0.4, 0.5) is 29.1 Å². The number of aliphatic hydroxyl groups excluding tert-OH is 1. The Kier molecular flexibility index (Phi) is 4.42. The molecule has 2 N–H and O–H groups in total. The summed E-state index contributed by atoms with van der Waals surface area (Å²) in [4.78, 5) is 3.94. The molecule has 0 fully saturated rings. The molecule has 4 nitrogen and oxygen atoms in total. The van der Waals surface area contributed by atoms with E-state index in [2.05, 4.69) is 10.3 Å². The third-order valence-corrected chi connectivity index (χ3v) is 4.19. The lowest BCUT2D eigenvalue weighted by Gasteiger charge is -2.43. The van der Waals surface area contributed by atoms with Crippen molar-refractivity contribution in [3.8, 4) is 0 Å². The molecule has 1 aliphatic heterocycles. The van der Waals surface area contributed by atoms with Gasteiger partial charge in [0.15, 0.2) is 11.7 Å². The first-order chi connectivity index (χ1) is 11.8. The van der Waals surface area contributed by atoms with Crippen LogP contribution < -0.4 is 5.32 Å². The van der Waals surface area contributed by atoms with Crippen molar-refractivity contribution >= 4 is 11.5 Å². The highest BCUT2D eigenvalue weighted by atomic mass is 19.4. The molecule has 0 amide bonds. The summed E-state index contributed by atoms with van der Waals surface area (Å²) in [6.07, 6.45) is -5.46. The van der Waals surface area contributed by atoms with Crippen molar-refractivity contribution in [1.82, 2.24) is 4.98 Å². The third kappa shape index (κ3) is 2.65. The van der Waals surface area contributed by atoms with Gasteiger partial charge in [0, 0.05) is 29.6 Å². The lowest BCUT2D eigenvalue weighted by molar-refractivity contribution is -0.256. The normalized spacial score (nSPS) is 20.4. The van der Waals surface area contributed by atoms with Gasteiger partial charge in [-0.05, 0) is 30.7 Å². The molecule has 0 radical (unpaired) electrons. The summed E-state index contributed by atoms with van der Waals surface area (Å²) < 4.78 is 61.9. The number of hydrogen-bond donors (Lipinski definition) is 2. The number of ether oxygens (including phenoxy) is 1. The van der Waals surface area contributed by atoms with Crippen LogP contribution in [0, 0.1) is 5.82 Å². The predicted molar refractivity (Wildman–Crippen MR) is 83.0 cm³/mol. The van der Waals surface area contributed by atoms with E-state index in [0.29, 0.717) is 6.42 Å². The minimum Gasteiger partial charge on any atom is -0.367 e. The summed E-state index contributed by atoms with van der Waals surface area (Å²) in [7, 11) is 0. The average Bonchev–Trinajstić information content (AvgIpc) is 2.56. The molecular weight excluding hydrogens is 340 g/mol. The number of pyridine rings is 1. The van der Waals surface area contributed by atoms with Gasteiger partial charge in [-0.25, -0.2) is 9.37 Å². The number of hydrogen-bond acceptors (Lipinski definition) is 4. The van der Waals surface area contributed by atoms with Gasteiger partial charge in [-0.1, -0.05) is 13.0 Å². The first kappa shape index (κ1) is 17.6. The molecule has 3 rings (SSSR count). The molecule has 1 aliphatic rings. The molecule has 25 heavy (non-hydrogen) atoms. The highest BCUT2D eigenvalue weighted by Gasteiger charge is 2.65. The molecule has 2 aromatic rings. The largest absolute Gasteiger partial charge is 0.407 e. The van der Waals surface area contributed by atoms with Crippen molar-refractivity contribution < 1.29 is 27.4 Å². The Morgan fingerprint density at radius 2 is 2.04 bits per heavy atom. The monoisotopic (exact) mass is 356 g/mol. The van der Waals surface area contributed by atoms with E-state index in [1.165, 1.54) is 24.4 Å². The molecular formula is C17H16F4N2O2. The predicted octanol–water partition coefficient (Wildman–Crippen LogP) is 3.87. The topological polar surface area (TPSA) is 54.4 Å². The Bertz CT molecular complexity index is 781. The first-order valence-electron chi connectivity index (χ1n) is 7.71. The molecule has 0 saturated heterocycles. The number of rotatable bonds is 4. The van der Waals surface area contributed by atoms with Crippen LogP contribution in [0.1, 0.15) is 24.5 Å². The van der Waals surface area contributed by atoms with E-state index in [1.807, 2.05) is 0 Å². The number of alkyl halides is 3. The Hall–Kier alpha value is -2.19. The molecule has 0 aliphatic carbocycles. The van der Waals surface area contributed by atoms with E-state index in [9.17, 15) is 22.7 Å². The van der Waals surface area contributed by atoms with Gasteiger partial charge in [0.25, 0.3) is 0 Å². The summed E-state index contributed by atoms with van der Waals surface area (Å²) in [6.45, 7) is 1.63. The van der Waals surface area contributed by atoms with Gasteiger partial charge >= 0.3 is 6.18 Å². The zero-order valence-electron chi connectivity index (χ0n) is 13.3. The maximum atomic E-state index is 14.3. The van der Waals surface area contributed by atoms with Crippen LogP contribution in [0.15, 0.2) is 36.5 Å². The van der Waals surface area contributed by atoms with E-state index in [4.69, 9.17) is 4.74 Å². The van der Waals surface area contributed by atoms with Gasteiger partial charge in [-0.15, -0.1) is 0 Å². The van der Waals surface area contributed by atoms with Crippen molar-refractivity contribution in [2.75, 3.05) is 11.9 Å². The zero-order chi connectivity index (χ0) is 18.2. The second kappa shape index (κ2) is 6.27. The van der Waals surface area contributed by atoms with Gasteiger partial charge in [0.1, 0.15) is 11.6 Å². The maximum Gasteiger partial charge on any atom is 0.407 e. The van der Waals surface area contributed by atoms with Crippen LogP contribution >= 0.6 is 0 Å². The number of fused-ring (bicyclic) bond motifs is 2. The van der Waals surface area contributed by atoms with Crippen LogP contribution in [0.2, 0.25) is 0 Å². The van der Waals surface area contributed by atoms with Crippen LogP contribution in [0.3, 0.4) is 0 Å². The number of aromatic nitrogens is 1. The van der Waals surface area contributed by atoms with Gasteiger partial charge in [0.2, 0.25) is 0 Å². The quantitative estimate of drug-likeness (QED) is 0.645. The zero-order valence-corrected chi connectivity index (χ0v) is 13.3. The SMILES string of the molecule is CCCOC(O)C1(C(F)(F)F)c2cc(F)ccc2Nc2ncccc21. The van der Waals surface area contributed by atoms with Crippen molar-refractivity contribution in [2.24, 2.45) is 0 Å². The van der Waals surface area contributed by atoms with Crippen molar-refractivity contribution in [2.45, 2.75) is 31.2 Å². The molecule has 8 heteroatoms. The van der Waals surface area contributed by atoms with Crippen LogP contribution in [0.25, 0.3) is 0 Å². The summed E-state index contributed by atoms with van der Waals surface area (Å²) in [5.41, 5.74) is -3.69. The fourth-order valence-corrected chi connectivity index (χ4v) is 3.11. The summed E-state index contributed by atoms with van der Waals surface area (Å²) in [5.74, 6) is -0.901. The molecule has 2 atom stereocenters. The van der Waals surface area contributed by atoms with Gasteiger partial charge in [-0.3, -0.25) is 0 Å². The highest BCUT2D eigenvalue weighted by Crippen LogP contribution is 2.55. The van der Waals surface area contributed by atoms with E-state index in [0.717, 1.165) is 12.1 Å². The van der Waals surface area contributed by atoms with E-state index < -0.39 is 29.3 Å². The number of nitrogens with zero attached hydrogens (tertiary/aromatic N) is 1. The van der Waals surface area contributed by atoms with E-state index in [-0.39, 0.29) is 23.7 Å². The Morgan fingerprint density at radius 1 is 1.28 bits per heavy atom. The van der Waals surface area contributed by atoms with Crippen molar-refractivity contribution in [3.63, 3.8) is 0 Å². The molecule has 1 aromatic carbocycles. The Balaban J connectivity index is 2.34. The highest BCUT2D eigenvalue weighted by molar-refractivity contribution is 5.74. The lowest BCUT2D eigenvalue weighted by Crippen LogP contribution is -2.55. The number of aliphatic hydroxyl groups is 1. The number of anilines is 2. The maximum absolute atomic E-state index is 14.3. The summed E-state index contributed by atoms with van der Waals surface area (Å²) in [6, 6.07) is 5.53. The van der Waals surface area contributed by atoms with E-state index in [1.54, 1.807) is 6.92 Å². The van der Waals surface area contributed by atoms with Gasteiger partial charge in [0.05, 0.1) is 0 Å². The smallest absolute Gasteiger partial charge is 0.367 e. The minimum atomic E-state index is -4.96. The number of nitrogens with one attached hydrogen (secondary N) is 1. The first-order valence-corrected chi connectivity index (χ1v) is 7.71. The second-order valence-corrected chi connectivity index (χ2v) is 5.74. The van der Waals surface area contributed by atoms with Gasteiger partial charge in [-0.2, -0.15) is 13.2 Å². The fraction of sp³-hybridized carbons (Fsp3) is 0.353. The molecule has 0 bridgehead atoms. The van der Waals surface area contributed by atoms with Crippen LogP contribution in [0.5, 0.6) is 0 Å². The minimum absolute atomic E-state index is 0.0177. The van der Waals surface area contributed by atoms with Crippen LogP contribution in [-0.2, 0) is 10.2 Å². The van der Waals surface area contributed by atoms with Crippen molar-refractivity contribution in [3.05, 3.63) is 53.5 Å². The average molecular weight is 356 g/mol. The fourth-order valence-electron chi connectivity index (χ4n) is 3.11. The van der Waals surface area contributed by atoms with Crippen molar-refractivity contribution in [1.29, 1.82) is 0 Å². The Morgan fingerprint density at radius 3 is 2.72 bits per heavy atom. The van der Waals surface area contributed by atoms with Gasteiger partial charge < -0.3 is 15.2 Å². The lowest BCUT2D eigenvalue weighted by atomic mass is 9.70. The molecule has 0 saturated carbocycles. The number of benzene rings is 1. The Labute approximate surface area is 141 Å². The number of halogens is 4. The molecule has 134 valence electrons. The molecule has 2 heterocycles. The molecule has 2 unspecified atom stereocenters. The standard InChI is InChI=1S/C17H16F4N2O2/c1-2-8-25-15(24)16(17(19,20)21)11-4-3-7-22-14(11)23-13-6-5-10(18)9-12(13)16/h3-7,9,15,24H,2,8H2,1H3,(H,22,23).